The number of amides is 1. The number of carbonyl (C=O) groups excluding carboxylic acids is 1. The Labute approximate surface area is 112 Å². The van der Waals surface area contributed by atoms with Crippen LogP contribution in [0, 0.1) is 0 Å². The quantitative estimate of drug-likeness (QED) is 0.829. The average molecular weight is 318 g/mol. The monoisotopic (exact) mass is 317 g/mol. The van der Waals surface area contributed by atoms with Crippen molar-refractivity contribution in [3.63, 3.8) is 0 Å². The first-order valence-electron chi connectivity index (χ1n) is 5.49. The van der Waals surface area contributed by atoms with Gasteiger partial charge in [-0.05, 0) is 28.1 Å². The molecule has 1 aliphatic rings. The van der Waals surface area contributed by atoms with E-state index in [1.165, 1.54) is 7.11 Å². The zero-order chi connectivity index (χ0) is 13.1. The smallest absolute Gasteiger partial charge is 0.242 e. The van der Waals surface area contributed by atoms with Gasteiger partial charge < -0.3 is 15.4 Å². The number of hydrogen-bond donors (Lipinski definition) is 2. The van der Waals surface area contributed by atoms with E-state index in [0.717, 1.165) is 0 Å². The number of carbonyl (C=O) groups is 1. The van der Waals surface area contributed by atoms with E-state index < -0.39 is 12.2 Å². The maximum Gasteiger partial charge on any atom is 0.242 e. The van der Waals surface area contributed by atoms with Crippen molar-refractivity contribution in [2.24, 2.45) is 0 Å². The highest BCUT2D eigenvalue weighted by Gasteiger charge is 2.29. The molecule has 1 aliphatic heterocycles. The number of halogens is 2. The third-order valence-corrected chi connectivity index (χ3v) is 3.12. The zero-order valence-corrected chi connectivity index (χ0v) is 11.3. The minimum Gasteiger partial charge on any atom is -0.493 e. The molecule has 0 aromatic carbocycles. The van der Waals surface area contributed by atoms with Gasteiger partial charge in [-0.25, -0.2) is 9.37 Å². The molecular weight excluding hydrogens is 305 g/mol. The van der Waals surface area contributed by atoms with Crippen molar-refractivity contribution in [2.75, 3.05) is 19.0 Å². The maximum absolute atomic E-state index is 13.0. The van der Waals surface area contributed by atoms with Crippen molar-refractivity contribution in [3.8, 4) is 5.75 Å². The predicted molar refractivity (Wildman–Crippen MR) is 68.4 cm³/mol. The summed E-state index contributed by atoms with van der Waals surface area (Å²) in [6, 6.07) is 2.87. The third-order valence-electron chi connectivity index (χ3n) is 2.68. The first-order chi connectivity index (χ1) is 8.60. The molecule has 2 unspecified atom stereocenters. The molecule has 18 heavy (non-hydrogen) atoms. The summed E-state index contributed by atoms with van der Waals surface area (Å²) in [6.45, 7) is 0.209. The van der Waals surface area contributed by atoms with Crippen LogP contribution < -0.4 is 15.4 Å². The van der Waals surface area contributed by atoms with Crippen LogP contribution in [-0.4, -0.2) is 36.8 Å². The van der Waals surface area contributed by atoms with Gasteiger partial charge in [0.05, 0.1) is 13.2 Å². The number of methoxy groups -OCH3 is 1. The van der Waals surface area contributed by atoms with Crippen molar-refractivity contribution in [3.05, 3.63) is 16.7 Å². The number of rotatable bonds is 3. The molecule has 2 heterocycles. The van der Waals surface area contributed by atoms with E-state index in [2.05, 4.69) is 31.5 Å². The molecule has 2 N–H and O–H groups in total. The lowest BCUT2D eigenvalue weighted by atomic mass is 10.2. The Kier molecular flexibility index (Phi) is 4.13. The van der Waals surface area contributed by atoms with Crippen molar-refractivity contribution in [2.45, 2.75) is 18.6 Å². The fourth-order valence-electron chi connectivity index (χ4n) is 1.77. The topological polar surface area (TPSA) is 63.2 Å². The number of alkyl halides is 1. The number of aromatic nitrogens is 1. The summed E-state index contributed by atoms with van der Waals surface area (Å²) in [7, 11) is 1.49. The second kappa shape index (κ2) is 5.62. The molecule has 1 fully saturated rings. The lowest BCUT2D eigenvalue weighted by molar-refractivity contribution is -0.117. The van der Waals surface area contributed by atoms with Crippen LogP contribution in [0.2, 0.25) is 0 Å². The van der Waals surface area contributed by atoms with E-state index in [1.807, 2.05) is 0 Å². The van der Waals surface area contributed by atoms with Gasteiger partial charge in [-0.15, -0.1) is 0 Å². The van der Waals surface area contributed by atoms with Crippen LogP contribution in [-0.2, 0) is 4.79 Å². The molecule has 0 bridgehead atoms. The molecule has 1 amide bonds. The number of nitrogens with zero attached hydrogens (tertiary/aromatic N) is 1. The van der Waals surface area contributed by atoms with Gasteiger partial charge in [0, 0.05) is 13.0 Å². The number of anilines is 1. The molecule has 2 rings (SSSR count). The van der Waals surface area contributed by atoms with Crippen LogP contribution >= 0.6 is 15.9 Å². The second-order valence-electron chi connectivity index (χ2n) is 3.97. The Balaban J connectivity index is 2.09. The first kappa shape index (κ1) is 13.2. The summed E-state index contributed by atoms with van der Waals surface area (Å²) < 4.78 is 18.7. The molecule has 98 valence electrons. The summed E-state index contributed by atoms with van der Waals surface area (Å²) in [5.74, 6) is 0.473. The summed E-state index contributed by atoms with van der Waals surface area (Å²) in [5, 5.41) is 5.44. The fourth-order valence-corrected chi connectivity index (χ4v) is 2.08. The van der Waals surface area contributed by atoms with Crippen molar-refractivity contribution < 1.29 is 13.9 Å². The van der Waals surface area contributed by atoms with E-state index in [0.29, 0.717) is 16.2 Å². The van der Waals surface area contributed by atoms with Crippen LogP contribution in [0.15, 0.2) is 16.7 Å². The summed E-state index contributed by atoms with van der Waals surface area (Å²) in [5.41, 5.74) is 0. The van der Waals surface area contributed by atoms with E-state index in [-0.39, 0.29) is 18.9 Å². The highest BCUT2D eigenvalue weighted by atomic mass is 79.9. The molecule has 0 radical (unpaired) electrons. The van der Waals surface area contributed by atoms with Crippen molar-refractivity contribution in [1.29, 1.82) is 0 Å². The fraction of sp³-hybridized carbons (Fsp3) is 0.455. The normalized spacial score (nSPS) is 22.8. The standard InChI is InChI=1S/C11H13BrFN3O2/c1-18-8-2-3-9(12)15-10(8)16-11(17)7-4-6(13)5-14-7/h2-3,6-7,14H,4-5H2,1H3,(H,15,16,17). The van der Waals surface area contributed by atoms with Crippen LogP contribution in [0.4, 0.5) is 10.2 Å². The largest absolute Gasteiger partial charge is 0.493 e. The molecule has 0 aliphatic carbocycles. The van der Waals surface area contributed by atoms with Crippen LogP contribution in [0.3, 0.4) is 0 Å². The SMILES string of the molecule is COc1ccc(Br)nc1NC(=O)C1CC(F)CN1. The van der Waals surface area contributed by atoms with Gasteiger partial charge in [0.2, 0.25) is 5.91 Å². The van der Waals surface area contributed by atoms with E-state index in [1.54, 1.807) is 12.1 Å². The lowest BCUT2D eigenvalue weighted by Crippen LogP contribution is -2.35. The number of pyridine rings is 1. The maximum atomic E-state index is 13.0. The zero-order valence-electron chi connectivity index (χ0n) is 9.74. The van der Waals surface area contributed by atoms with Gasteiger partial charge in [0.15, 0.2) is 11.6 Å². The van der Waals surface area contributed by atoms with Gasteiger partial charge in [-0.1, -0.05) is 0 Å². The molecule has 5 nitrogen and oxygen atoms in total. The molecule has 0 spiro atoms. The highest BCUT2D eigenvalue weighted by Crippen LogP contribution is 2.24. The Hall–Kier alpha value is -1.21. The average Bonchev–Trinajstić information content (AvgIpc) is 2.76. The first-order valence-corrected chi connectivity index (χ1v) is 6.28. The lowest BCUT2D eigenvalue weighted by Gasteiger charge is -2.12. The predicted octanol–water partition coefficient (Wildman–Crippen LogP) is 1.49. The molecular formula is C11H13BrFN3O2. The number of nitrogens with one attached hydrogen (secondary N) is 2. The van der Waals surface area contributed by atoms with Gasteiger partial charge in [-0.2, -0.15) is 0 Å². The molecule has 0 saturated carbocycles. The molecule has 1 aromatic heterocycles. The third kappa shape index (κ3) is 2.97. The number of hydrogen-bond acceptors (Lipinski definition) is 4. The Morgan fingerprint density at radius 2 is 2.44 bits per heavy atom. The van der Waals surface area contributed by atoms with Gasteiger partial charge in [0.25, 0.3) is 0 Å². The molecule has 7 heteroatoms. The van der Waals surface area contributed by atoms with Gasteiger partial charge in [-0.3, -0.25) is 4.79 Å². The minimum atomic E-state index is -0.974. The van der Waals surface area contributed by atoms with Crippen molar-refractivity contribution in [1.82, 2.24) is 10.3 Å². The Morgan fingerprint density at radius 3 is 3.06 bits per heavy atom. The summed E-state index contributed by atoms with van der Waals surface area (Å²) >= 11 is 3.21. The second-order valence-corrected chi connectivity index (χ2v) is 4.78. The van der Waals surface area contributed by atoms with Crippen LogP contribution in [0.1, 0.15) is 6.42 Å². The summed E-state index contributed by atoms with van der Waals surface area (Å²) in [4.78, 5) is 16.0. The molecule has 1 saturated heterocycles. The Bertz CT molecular complexity index is 458. The van der Waals surface area contributed by atoms with E-state index in [9.17, 15) is 9.18 Å². The number of ether oxygens (including phenoxy) is 1. The summed E-state index contributed by atoms with van der Waals surface area (Å²) in [6.07, 6.45) is -0.791. The van der Waals surface area contributed by atoms with Gasteiger partial charge in [0.1, 0.15) is 10.8 Å². The van der Waals surface area contributed by atoms with Crippen LogP contribution in [0.5, 0.6) is 5.75 Å². The minimum absolute atomic E-state index is 0.183. The Morgan fingerprint density at radius 1 is 1.67 bits per heavy atom. The van der Waals surface area contributed by atoms with Crippen LogP contribution in [0.25, 0.3) is 0 Å². The highest BCUT2D eigenvalue weighted by molar-refractivity contribution is 9.10. The van der Waals surface area contributed by atoms with E-state index >= 15 is 0 Å². The molecule has 2 atom stereocenters. The van der Waals surface area contributed by atoms with Gasteiger partial charge >= 0.3 is 0 Å². The molecule has 1 aromatic rings. The van der Waals surface area contributed by atoms with Crippen molar-refractivity contribution >= 4 is 27.7 Å². The van der Waals surface area contributed by atoms with E-state index in [4.69, 9.17) is 4.74 Å².